The third-order valence-electron chi connectivity index (χ3n) is 15.1. The van der Waals surface area contributed by atoms with E-state index in [1.54, 1.807) is 0 Å². The van der Waals surface area contributed by atoms with Crippen LogP contribution in [0.15, 0.2) is 30.3 Å². The molecule has 0 bridgehead atoms. The largest absolute Gasteiger partial charge is 0.465 e. The van der Waals surface area contributed by atoms with E-state index in [2.05, 4.69) is 72.0 Å². The maximum Gasteiger partial charge on any atom is 0.337 e. The van der Waals surface area contributed by atoms with Gasteiger partial charge in [0.15, 0.2) is 0 Å². The Bertz CT molecular complexity index is 1330. The first-order valence-corrected chi connectivity index (χ1v) is 17.6. The zero-order valence-corrected chi connectivity index (χ0v) is 28.7. The summed E-state index contributed by atoms with van der Waals surface area (Å²) in [7, 11) is 7.30. The molecule has 0 aromatic heterocycles. The number of benzene rings is 1. The summed E-state index contributed by atoms with van der Waals surface area (Å²) in [5.41, 5.74) is 4.03. The number of nitrogens with one attached hydrogen (secondary N) is 1. The molecule has 0 heterocycles. The Morgan fingerprint density at radius 2 is 1.61 bits per heavy atom. The van der Waals surface area contributed by atoms with Crippen molar-refractivity contribution >= 4 is 25.3 Å². The molecule has 5 heteroatoms. The van der Waals surface area contributed by atoms with Crippen molar-refractivity contribution in [3.63, 3.8) is 0 Å². The highest BCUT2D eigenvalue weighted by molar-refractivity contribution is 6.19. The van der Waals surface area contributed by atoms with Gasteiger partial charge >= 0.3 is 5.97 Å². The number of carbonyl (C=O) groups excluding carboxylic acids is 2. The molecule has 1 N–H and O–H groups in total. The van der Waals surface area contributed by atoms with Gasteiger partial charge in [-0.05, 0) is 145 Å². The molecule has 6 rings (SSSR count). The number of carbonyl (C=O) groups is 2. The van der Waals surface area contributed by atoms with Gasteiger partial charge in [-0.15, -0.1) is 0 Å². The first kappa shape index (κ1) is 31.9. The van der Waals surface area contributed by atoms with Gasteiger partial charge in [0.05, 0.1) is 20.5 Å². The third-order valence-corrected chi connectivity index (χ3v) is 15.1. The normalized spacial score (nSPS) is 42.3. The summed E-state index contributed by atoms with van der Waals surface area (Å²) in [5.74, 6) is 3.51. The quantitative estimate of drug-likeness (QED) is 0.273. The van der Waals surface area contributed by atoms with Gasteiger partial charge in [0.2, 0.25) is 5.91 Å². The number of hydrogen-bond donors (Lipinski definition) is 1. The number of allylic oxidation sites excluding steroid dienone is 2. The number of ether oxygens (including phenoxy) is 1. The standard InChI is InChI=1S/C39H56BNO3/c1-24(2)27-15-20-39(41-32(42)23-40)22-21-37(6)29(33(27)39)13-14-31-36(5)18-16-28(25-9-11-26(12-10-25)34(43)44-8)35(3,4)30(36)17-19-38(31,37)7/h9-12,16,24,27,29-31,33H,13-15,17-23H2,1-8H3,(H,41,42)/t27-,29+,30?,31?,33?,36-,37+,38+,39-/m0/s1. The predicted molar refractivity (Wildman–Crippen MR) is 179 cm³/mol. The second-order valence-corrected chi connectivity index (χ2v) is 17.2. The summed E-state index contributed by atoms with van der Waals surface area (Å²) in [4.78, 5) is 24.9. The Kier molecular flexibility index (Phi) is 7.81. The highest BCUT2D eigenvalue weighted by Crippen LogP contribution is 2.76. The van der Waals surface area contributed by atoms with Gasteiger partial charge in [0, 0.05) is 5.54 Å². The highest BCUT2D eigenvalue weighted by Gasteiger charge is 2.70. The fraction of sp³-hybridized carbons (Fsp3) is 0.744. The first-order chi connectivity index (χ1) is 20.7. The minimum absolute atomic E-state index is 0.0305. The molecule has 2 radical (unpaired) electrons. The van der Waals surface area contributed by atoms with Crippen LogP contribution in [0.25, 0.3) is 5.57 Å². The van der Waals surface area contributed by atoms with Gasteiger partial charge in [-0.1, -0.05) is 66.7 Å². The van der Waals surface area contributed by atoms with Crippen LogP contribution in [0.4, 0.5) is 0 Å². The summed E-state index contributed by atoms with van der Waals surface area (Å²) in [5, 5.41) is 3.56. The summed E-state index contributed by atoms with van der Waals surface area (Å²) >= 11 is 0. The van der Waals surface area contributed by atoms with Gasteiger partial charge in [-0.25, -0.2) is 4.79 Å². The van der Waals surface area contributed by atoms with Crippen molar-refractivity contribution in [3.05, 3.63) is 41.5 Å². The Labute approximate surface area is 268 Å². The maximum atomic E-state index is 12.8. The minimum atomic E-state index is -0.282. The average Bonchev–Trinajstić information content (AvgIpc) is 3.36. The van der Waals surface area contributed by atoms with Crippen LogP contribution in [0.3, 0.4) is 0 Å². The lowest BCUT2D eigenvalue weighted by molar-refractivity contribution is -0.221. The lowest BCUT2D eigenvalue weighted by Gasteiger charge is -2.72. The van der Waals surface area contributed by atoms with Crippen molar-refractivity contribution in [3.8, 4) is 0 Å². The molecule has 4 fully saturated rings. The van der Waals surface area contributed by atoms with Crippen molar-refractivity contribution in [2.24, 2.45) is 57.2 Å². The fourth-order valence-electron chi connectivity index (χ4n) is 12.9. The number of methoxy groups -OCH3 is 1. The van der Waals surface area contributed by atoms with Crippen LogP contribution in [-0.2, 0) is 9.53 Å². The molecule has 5 aliphatic carbocycles. The van der Waals surface area contributed by atoms with E-state index < -0.39 is 0 Å². The van der Waals surface area contributed by atoms with Crippen LogP contribution in [0.2, 0.25) is 6.32 Å². The van der Waals surface area contributed by atoms with Crippen molar-refractivity contribution in [2.75, 3.05) is 7.11 Å². The monoisotopic (exact) mass is 597 g/mol. The topological polar surface area (TPSA) is 55.4 Å². The molecule has 5 aliphatic rings. The molecule has 238 valence electrons. The van der Waals surface area contributed by atoms with Crippen molar-refractivity contribution in [2.45, 2.75) is 118 Å². The molecule has 44 heavy (non-hydrogen) atoms. The number of hydrogen-bond acceptors (Lipinski definition) is 3. The van der Waals surface area contributed by atoms with E-state index in [1.807, 2.05) is 12.1 Å². The van der Waals surface area contributed by atoms with E-state index in [0.717, 1.165) is 19.3 Å². The molecule has 3 unspecified atom stereocenters. The van der Waals surface area contributed by atoms with E-state index in [1.165, 1.54) is 56.8 Å². The number of rotatable bonds is 5. The molecule has 1 aromatic carbocycles. The van der Waals surface area contributed by atoms with Crippen LogP contribution < -0.4 is 5.32 Å². The second-order valence-electron chi connectivity index (χ2n) is 17.2. The SMILES string of the molecule is [B]CC(=O)N[C@]12CC[C@@H](C(C)C)C1[C@H]1CCC3[C@@]4(C)CC=C(c5ccc(C(=O)OC)cc5)C(C)(C)C4CC[C@@]3(C)[C@]1(C)CC2. The molecule has 0 saturated heterocycles. The van der Waals surface area contributed by atoms with Crippen LogP contribution in [0.5, 0.6) is 0 Å². The van der Waals surface area contributed by atoms with E-state index in [9.17, 15) is 9.59 Å². The summed E-state index contributed by atoms with van der Waals surface area (Å²) in [6.45, 7) is 17.8. The van der Waals surface area contributed by atoms with Crippen molar-refractivity contribution in [1.82, 2.24) is 5.32 Å². The Balaban J connectivity index is 1.34. The lowest BCUT2D eigenvalue weighted by atomic mass is 9.33. The van der Waals surface area contributed by atoms with Crippen LogP contribution in [0, 0.1) is 57.2 Å². The third kappa shape index (κ3) is 4.36. The summed E-state index contributed by atoms with van der Waals surface area (Å²) < 4.78 is 4.94. The van der Waals surface area contributed by atoms with Crippen molar-refractivity contribution < 1.29 is 14.3 Å². The first-order valence-electron chi connectivity index (χ1n) is 17.6. The smallest absolute Gasteiger partial charge is 0.337 e. The van der Waals surface area contributed by atoms with Crippen LogP contribution >= 0.6 is 0 Å². The average molecular weight is 598 g/mol. The zero-order chi connectivity index (χ0) is 31.9. The molecule has 1 aromatic rings. The lowest BCUT2D eigenvalue weighted by Crippen LogP contribution is -2.68. The molecule has 9 atom stereocenters. The van der Waals surface area contributed by atoms with E-state index in [4.69, 9.17) is 12.6 Å². The molecule has 1 amide bonds. The Morgan fingerprint density at radius 3 is 2.25 bits per heavy atom. The highest BCUT2D eigenvalue weighted by atomic mass is 16.5. The number of esters is 1. The molecular weight excluding hydrogens is 541 g/mol. The van der Waals surface area contributed by atoms with E-state index >= 15 is 0 Å². The molecular formula is C39H56BNO3. The molecule has 4 nitrogen and oxygen atoms in total. The zero-order valence-electron chi connectivity index (χ0n) is 28.7. The minimum Gasteiger partial charge on any atom is -0.465 e. The number of fused-ring (bicyclic) bond motifs is 7. The van der Waals surface area contributed by atoms with Gasteiger partial charge in [-0.3, -0.25) is 4.79 Å². The molecule has 0 aliphatic heterocycles. The van der Waals surface area contributed by atoms with Gasteiger partial charge in [0.1, 0.15) is 0 Å². The molecule has 0 spiro atoms. The Hall–Kier alpha value is -2.04. The maximum absolute atomic E-state index is 12.8. The predicted octanol–water partition coefficient (Wildman–Crippen LogP) is 8.66. The van der Waals surface area contributed by atoms with Gasteiger partial charge in [0.25, 0.3) is 0 Å². The number of amides is 1. The Morgan fingerprint density at radius 1 is 0.909 bits per heavy atom. The summed E-state index contributed by atoms with van der Waals surface area (Å²) in [6.07, 6.45) is 13.5. The van der Waals surface area contributed by atoms with Gasteiger partial charge in [-0.2, -0.15) is 0 Å². The van der Waals surface area contributed by atoms with E-state index in [-0.39, 0.29) is 45.4 Å². The second kappa shape index (κ2) is 10.8. The van der Waals surface area contributed by atoms with E-state index in [0.29, 0.717) is 41.1 Å². The summed E-state index contributed by atoms with van der Waals surface area (Å²) in [6, 6.07) is 8.06. The van der Waals surface area contributed by atoms with Crippen LogP contribution in [-0.4, -0.2) is 32.4 Å². The van der Waals surface area contributed by atoms with Crippen molar-refractivity contribution in [1.29, 1.82) is 0 Å². The fourth-order valence-corrected chi connectivity index (χ4v) is 12.9. The van der Waals surface area contributed by atoms with Gasteiger partial charge < -0.3 is 10.1 Å². The van der Waals surface area contributed by atoms with Crippen LogP contribution in [0.1, 0.15) is 122 Å². The molecule has 4 saturated carbocycles.